The van der Waals surface area contributed by atoms with Crippen molar-refractivity contribution in [2.45, 2.75) is 25.8 Å². The molecule has 0 saturated carbocycles. The third-order valence-corrected chi connectivity index (χ3v) is 3.88. The molecule has 0 aromatic heterocycles. The van der Waals surface area contributed by atoms with Crippen LogP contribution in [0.3, 0.4) is 0 Å². The second-order valence-corrected chi connectivity index (χ2v) is 5.32. The second kappa shape index (κ2) is 8.34. The van der Waals surface area contributed by atoms with Crippen LogP contribution in [0.4, 0.5) is 0 Å². The molecular weight excluding hydrogens is 290 g/mol. The lowest BCUT2D eigenvalue weighted by atomic mass is 10.0. The van der Waals surface area contributed by atoms with Crippen molar-refractivity contribution in [1.82, 2.24) is 5.32 Å². The van der Waals surface area contributed by atoms with Gasteiger partial charge >= 0.3 is 0 Å². The highest BCUT2D eigenvalue weighted by Gasteiger charge is 2.17. The Morgan fingerprint density at radius 2 is 1.87 bits per heavy atom. The van der Waals surface area contributed by atoms with Crippen LogP contribution in [0.2, 0.25) is 0 Å². The van der Waals surface area contributed by atoms with Crippen molar-refractivity contribution in [2.24, 2.45) is 0 Å². The molecule has 0 spiro atoms. The van der Waals surface area contributed by atoms with E-state index >= 15 is 0 Å². The lowest BCUT2D eigenvalue weighted by Gasteiger charge is -2.19. The van der Waals surface area contributed by atoms with Crippen LogP contribution < -0.4 is 10.1 Å². The summed E-state index contributed by atoms with van der Waals surface area (Å²) < 4.78 is 5.15. The number of benzene rings is 2. The highest BCUT2D eigenvalue weighted by Crippen LogP contribution is 2.21. The molecule has 122 valence electrons. The number of rotatable bonds is 7. The average molecular weight is 313 g/mol. The topological polar surface area (TPSA) is 58.6 Å². The molecule has 0 saturated heterocycles. The maximum atomic E-state index is 12.6. The fraction of sp³-hybridized carbons (Fsp3) is 0.316. The van der Waals surface area contributed by atoms with Crippen LogP contribution in [0.1, 0.15) is 40.9 Å². The quantitative estimate of drug-likeness (QED) is 0.826. The third-order valence-electron chi connectivity index (χ3n) is 3.88. The van der Waals surface area contributed by atoms with Gasteiger partial charge in [0, 0.05) is 12.2 Å². The second-order valence-electron chi connectivity index (χ2n) is 5.32. The third kappa shape index (κ3) is 4.33. The van der Waals surface area contributed by atoms with Crippen molar-refractivity contribution in [3.05, 3.63) is 65.2 Å². The number of aliphatic hydroxyl groups excluding tert-OH is 1. The van der Waals surface area contributed by atoms with E-state index in [9.17, 15) is 9.90 Å². The normalized spacial score (nSPS) is 11.8. The molecule has 0 fully saturated rings. The van der Waals surface area contributed by atoms with E-state index in [1.807, 2.05) is 55.5 Å². The summed E-state index contributed by atoms with van der Waals surface area (Å²) >= 11 is 0. The molecule has 0 aliphatic heterocycles. The molecule has 23 heavy (non-hydrogen) atoms. The van der Waals surface area contributed by atoms with Gasteiger partial charge in [0.1, 0.15) is 5.75 Å². The van der Waals surface area contributed by atoms with E-state index < -0.39 is 0 Å². The minimum atomic E-state index is -0.233. The Hall–Kier alpha value is -2.33. The van der Waals surface area contributed by atoms with Gasteiger partial charge in [-0.1, -0.05) is 37.3 Å². The SMILES string of the molecule is CCc1ccccc1C(=O)N[C@H](CCO)c1ccc(OC)cc1. The molecule has 1 atom stereocenters. The molecule has 0 aliphatic rings. The number of methoxy groups -OCH3 is 1. The van der Waals surface area contributed by atoms with Crippen LogP contribution in [0, 0.1) is 0 Å². The minimum Gasteiger partial charge on any atom is -0.497 e. The fourth-order valence-corrected chi connectivity index (χ4v) is 2.57. The van der Waals surface area contributed by atoms with Crippen LogP contribution in [-0.2, 0) is 6.42 Å². The number of carbonyl (C=O) groups is 1. The Kier molecular flexibility index (Phi) is 6.18. The predicted octanol–water partition coefficient (Wildman–Crippen LogP) is 3.11. The van der Waals surface area contributed by atoms with E-state index in [-0.39, 0.29) is 18.6 Å². The highest BCUT2D eigenvalue weighted by atomic mass is 16.5. The van der Waals surface area contributed by atoms with Crippen molar-refractivity contribution < 1.29 is 14.6 Å². The summed E-state index contributed by atoms with van der Waals surface area (Å²) in [4.78, 5) is 12.6. The van der Waals surface area contributed by atoms with Crippen LogP contribution in [0.25, 0.3) is 0 Å². The smallest absolute Gasteiger partial charge is 0.252 e. The first-order valence-corrected chi connectivity index (χ1v) is 7.83. The number of hydrogen-bond donors (Lipinski definition) is 2. The molecule has 2 aromatic carbocycles. The Balaban J connectivity index is 2.19. The summed E-state index contributed by atoms with van der Waals surface area (Å²) in [6, 6.07) is 14.9. The van der Waals surface area contributed by atoms with Crippen molar-refractivity contribution >= 4 is 5.91 Å². The molecule has 0 heterocycles. The zero-order valence-electron chi connectivity index (χ0n) is 13.6. The van der Waals surface area contributed by atoms with E-state index in [0.29, 0.717) is 12.0 Å². The number of nitrogens with one attached hydrogen (secondary N) is 1. The zero-order valence-corrected chi connectivity index (χ0v) is 13.6. The largest absolute Gasteiger partial charge is 0.497 e. The van der Waals surface area contributed by atoms with Gasteiger partial charge in [0.2, 0.25) is 0 Å². The van der Waals surface area contributed by atoms with Gasteiger partial charge in [0.25, 0.3) is 5.91 Å². The molecule has 1 amide bonds. The first-order chi connectivity index (χ1) is 11.2. The molecule has 4 heteroatoms. The molecule has 2 rings (SSSR count). The summed E-state index contributed by atoms with van der Waals surface area (Å²) in [5.74, 6) is 0.649. The van der Waals surface area contributed by atoms with E-state index in [0.717, 1.165) is 23.3 Å². The minimum absolute atomic E-state index is 0.00635. The van der Waals surface area contributed by atoms with Gasteiger partial charge in [-0.15, -0.1) is 0 Å². The van der Waals surface area contributed by atoms with Crippen LogP contribution in [0.15, 0.2) is 48.5 Å². The van der Waals surface area contributed by atoms with Gasteiger partial charge in [-0.2, -0.15) is 0 Å². The van der Waals surface area contributed by atoms with Gasteiger partial charge in [-0.25, -0.2) is 0 Å². The van der Waals surface area contributed by atoms with Crippen molar-refractivity contribution in [1.29, 1.82) is 0 Å². The number of aryl methyl sites for hydroxylation is 1. The molecule has 0 aliphatic carbocycles. The fourth-order valence-electron chi connectivity index (χ4n) is 2.57. The van der Waals surface area contributed by atoms with Gasteiger partial charge in [-0.3, -0.25) is 4.79 Å². The van der Waals surface area contributed by atoms with Crippen molar-refractivity contribution in [3.8, 4) is 5.75 Å². The maximum absolute atomic E-state index is 12.6. The lowest BCUT2D eigenvalue weighted by Crippen LogP contribution is -2.30. The Morgan fingerprint density at radius 3 is 2.48 bits per heavy atom. The summed E-state index contributed by atoms with van der Waals surface area (Å²) in [5.41, 5.74) is 2.65. The predicted molar refractivity (Wildman–Crippen MR) is 90.7 cm³/mol. The average Bonchev–Trinajstić information content (AvgIpc) is 2.61. The van der Waals surface area contributed by atoms with E-state index in [4.69, 9.17) is 4.74 Å². The first kappa shape index (κ1) is 17.0. The first-order valence-electron chi connectivity index (χ1n) is 7.83. The van der Waals surface area contributed by atoms with Crippen LogP contribution in [-0.4, -0.2) is 24.7 Å². The van der Waals surface area contributed by atoms with Crippen molar-refractivity contribution in [3.63, 3.8) is 0 Å². The monoisotopic (exact) mass is 313 g/mol. The molecule has 2 aromatic rings. The number of ether oxygens (including phenoxy) is 1. The highest BCUT2D eigenvalue weighted by molar-refractivity contribution is 5.95. The number of hydrogen-bond acceptors (Lipinski definition) is 3. The molecule has 0 unspecified atom stereocenters. The Morgan fingerprint density at radius 1 is 1.17 bits per heavy atom. The standard InChI is InChI=1S/C19H23NO3/c1-3-14-6-4-5-7-17(14)19(22)20-18(12-13-21)15-8-10-16(23-2)11-9-15/h4-11,18,21H,3,12-13H2,1-2H3,(H,20,22)/t18-/m1/s1. The lowest BCUT2D eigenvalue weighted by molar-refractivity contribution is 0.0929. The van der Waals surface area contributed by atoms with E-state index in [1.165, 1.54) is 0 Å². The number of amides is 1. The van der Waals surface area contributed by atoms with E-state index in [1.54, 1.807) is 7.11 Å². The van der Waals surface area contributed by atoms with Gasteiger partial charge in [0.15, 0.2) is 0 Å². The summed E-state index contributed by atoms with van der Waals surface area (Å²) in [5, 5.41) is 12.3. The van der Waals surface area contributed by atoms with Gasteiger partial charge in [-0.05, 0) is 42.2 Å². The van der Waals surface area contributed by atoms with Gasteiger partial charge in [0.05, 0.1) is 13.2 Å². The number of carbonyl (C=O) groups excluding carboxylic acids is 1. The summed E-state index contributed by atoms with van der Waals surface area (Å²) in [6.45, 7) is 2.03. The zero-order chi connectivity index (χ0) is 16.7. The van der Waals surface area contributed by atoms with Gasteiger partial charge < -0.3 is 15.2 Å². The molecule has 0 bridgehead atoms. The van der Waals surface area contributed by atoms with E-state index in [2.05, 4.69) is 5.32 Å². The summed E-state index contributed by atoms with van der Waals surface area (Å²) in [6.07, 6.45) is 1.27. The number of aliphatic hydroxyl groups is 1. The van der Waals surface area contributed by atoms with Crippen LogP contribution >= 0.6 is 0 Å². The molecule has 2 N–H and O–H groups in total. The molecule has 0 radical (unpaired) electrons. The maximum Gasteiger partial charge on any atom is 0.252 e. The van der Waals surface area contributed by atoms with Crippen molar-refractivity contribution in [2.75, 3.05) is 13.7 Å². The Bertz CT molecular complexity index is 637. The molecular formula is C19H23NO3. The van der Waals surface area contributed by atoms with Crippen LogP contribution in [0.5, 0.6) is 5.75 Å². The summed E-state index contributed by atoms with van der Waals surface area (Å²) in [7, 11) is 1.61. The Labute approximate surface area is 137 Å². The molecule has 4 nitrogen and oxygen atoms in total.